The van der Waals surface area contributed by atoms with Gasteiger partial charge >= 0.3 is 0 Å². The van der Waals surface area contributed by atoms with Crippen LogP contribution in [0.1, 0.15) is 16.7 Å². The molecule has 0 bridgehead atoms. The number of carbonyl (C=O) groups is 1. The van der Waals surface area contributed by atoms with E-state index in [2.05, 4.69) is 58.3 Å². The minimum Gasteiger partial charge on any atom is -0.506 e. The van der Waals surface area contributed by atoms with Gasteiger partial charge in [0.2, 0.25) is 0 Å². The number of phenols is 1. The molecule has 2 rings (SSSR count). The number of aromatic hydroxyl groups is 1. The Kier molecular flexibility index (Phi) is 7.04. The van der Waals surface area contributed by atoms with Crippen LogP contribution in [0, 0.1) is 13.8 Å². The first-order valence-corrected chi connectivity index (χ1v) is 9.56. The largest absolute Gasteiger partial charge is 0.506 e. The molecule has 8 heteroatoms. The zero-order chi connectivity index (χ0) is 18.6. The van der Waals surface area contributed by atoms with Crippen molar-refractivity contribution in [2.24, 2.45) is 5.10 Å². The maximum atomic E-state index is 11.9. The van der Waals surface area contributed by atoms with Gasteiger partial charge in [0.25, 0.3) is 5.91 Å². The summed E-state index contributed by atoms with van der Waals surface area (Å²) in [5, 5.41) is 13.8. The first-order valence-electron chi connectivity index (χ1n) is 7.18. The molecular formula is C17H15Br3N2O3. The van der Waals surface area contributed by atoms with E-state index in [-0.39, 0.29) is 18.3 Å². The Morgan fingerprint density at radius 1 is 1.28 bits per heavy atom. The van der Waals surface area contributed by atoms with E-state index < -0.39 is 0 Å². The fourth-order valence-electron chi connectivity index (χ4n) is 1.94. The third-order valence-corrected chi connectivity index (χ3v) is 5.54. The standard InChI is InChI=1S/C17H15Br3N2O3/c1-9-4-3-5-14(10(9)2)25-8-15(23)22-21-7-11-12(18)6-13(19)17(24)16(11)20/h3-7,24H,8H2,1-2H3,(H,22,23)/b21-7+. The number of carbonyl (C=O) groups excluding carboxylic acids is 1. The van der Waals surface area contributed by atoms with Crippen LogP contribution in [0.15, 0.2) is 42.8 Å². The second kappa shape index (κ2) is 8.82. The molecular weight excluding hydrogens is 520 g/mol. The number of halogens is 3. The highest BCUT2D eigenvalue weighted by Gasteiger charge is 2.12. The van der Waals surface area contributed by atoms with Crippen molar-refractivity contribution in [2.45, 2.75) is 13.8 Å². The second-order valence-electron chi connectivity index (χ2n) is 5.20. The van der Waals surface area contributed by atoms with Gasteiger partial charge in [-0.05, 0) is 69.0 Å². The monoisotopic (exact) mass is 532 g/mol. The molecule has 0 aromatic heterocycles. The van der Waals surface area contributed by atoms with Crippen molar-refractivity contribution in [3.05, 3.63) is 54.4 Å². The predicted octanol–water partition coefficient (Wildman–Crippen LogP) is 4.83. The Morgan fingerprint density at radius 2 is 2.00 bits per heavy atom. The Bertz CT molecular complexity index is 838. The van der Waals surface area contributed by atoms with Crippen molar-refractivity contribution in [1.82, 2.24) is 5.43 Å². The van der Waals surface area contributed by atoms with Gasteiger partial charge in [-0.15, -0.1) is 0 Å². The number of phenolic OH excluding ortho intramolecular Hbond substituents is 1. The maximum absolute atomic E-state index is 11.9. The fourth-order valence-corrected chi connectivity index (χ4v) is 4.26. The van der Waals surface area contributed by atoms with Gasteiger partial charge in [0, 0.05) is 10.0 Å². The number of nitrogens with zero attached hydrogens (tertiary/aromatic N) is 1. The summed E-state index contributed by atoms with van der Waals surface area (Å²) in [5.41, 5.74) is 5.08. The Labute approximate surface area is 170 Å². The van der Waals surface area contributed by atoms with Gasteiger partial charge in [-0.1, -0.05) is 28.1 Å². The summed E-state index contributed by atoms with van der Waals surface area (Å²) < 4.78 is 7.21. The molecule has 0 saturated carbocycles. The van der Waals surface area contributed by atoms with Crippen LogP contribution < -0.4 is 10.2 Å². The van der Waals surface area contributed by atoms with E-state index in [1.165, 1.54) is 6.21 Å². The highest BCUT2D eigenvalue weighted by molar-refractivity contribution is 9.11. The predicted molar refractivity (Wildman–Crippen MR) is 108 cm³/mol. The molecule has 0 aliphatic heterocycles. The minimum atomic E-state index is -0.384. The van der Waals surface area contributed by atoms with Crippen molar-refractivity contribution < 1.29 is 14.6 Å². The zero-order valence-corrected chi connectivity index (χ0v) is 18.2. The molecule has 25 heavy (non-hydrogen) atoms. The molecule has 0 atom stereocenters. The summed E-state index contributed by atoms with van der Waals surface area (Å²) in [6.45, 7) is 3.78. The van der Waals surface area contributed by atoms with Crippen LogP contribution in [0.25, 0.3) is 0 Å². The topological polar surface area (TPSA) is 70.9 Å². The lowest BCUT2D eigenvalue weighted by molar-refractivity contribution is -0.123. The average Bonchev–Trinajstić information content (AvgIpc) is 2.57. The van der Waals surface area contributed by atoms with E-state index in [1.54, 1.807) is 6.07 Å². The maximum Gasteiger partial charge on any atom is 0.277 e. The number of hydrazone groups is 1. The van der Waals surface area contributed by atoms with Crippen molar-refractivity contribution in [1.29, 1.82) is 0 Å². The molecule has 2 aromatic carbocycles. The van der Waals surface area contributed by atoms with Crippen molar-refractivity contribution in [2.75, 3.05) is 6.61 Å². The molecule has 1 amide bonds. The second-order valence-corrected chi connectivity index (χ2v) is 7.70. The van der Waals surface area contributed by atoms with Crippen molar-refractivity contribution >= 4 is 59.9 Å². The molecule has 0 radical (unpaired) electrons. The van der Waals surface area contributed by atoms with Crippen LogP contribution in [0.5, 0.6) is 11.5 Å². The molecule has 0 aliphatic carbocycles. The first kappa shape index (κ1) is 19.9. The molecule has 0 aliphatic rings. The van der Waals surface area contributed by atoms with Crippen LogP contribution in [0.4, 0.5) is 0 Å². The number of nitrogens with one attached hydrogen (secondary N) is 1. The third-order valence-electron chi connectivity index (χ3n) is 3.48. The lowest BCUT2D eigenvalue weighted by Gasteiger charge is -2.10. The van der Waals surface area contributed by atoms with Gasteiger partial charge in [0.15, 0.2) is 6.61 Å². The lowest BCUT2D eigenvalue weighted by Crippen LogP contribution is -2.24. The van der Waals surface area contributed by atoms with E-state index in [1.807, 2.05) is 32.0 Å². The Morgan fingerprint density at radius 3 is 2.72 bits per heavy atom. The molecule has 2 N–H and O–H groups in total. The molecule has 0 unspecified atom stereocenters. The lowest BCUT2D eigenvalue weighted by atomic mass is 10.1. The molecule has 0 spiro atoms. The third kappa shape index (κ3) is 5.05. The van der Waals surface area contributed by atoms with E-state index in [0.29, 0.717) is 24.7 Å². The highest BCUT2D eigenvalue weighted by Crippen LogP contribution is 2.38. The van der Waals surface area contributed by atoms with Gasteiger partial charge in [-0.3, -0.25) is 4.79 Å². The average molecular weight is 535 g/mol. The number of benzene rings is 2. The Balaban J connectivity index is 1.97. The molecule has 5 nitrogen and oxygen atoms in total. The van der Waals surface area contributed by atoms with Gasteiger partial charge < -0.3 is 9.84 Å². The van der Waals surface area contributed by atoms with Crippen molar-refractivity contribution in [3.63, 3.8) is 0 Å². The number of rotatable bonds is 5. The van der Waals surface area contributed by atoms with E-state index in [9.17, 15) is 9.90 Å². The summed E-state index contributed by atoms with van der Waals surface area (Å²) in [7, 11) is 0. The van der Waals surface area contributed by atoms with Crippen LogP contribution in [-0.2, 0) is 4.79 Å². The van der Waals surface area contributed by atoms with Gasteiger partial charge in [0.1, 0.15) is 11.5 Å². The van der Waals surface area contributed by atoms with Crippen LogP contribution in [0.2, 0.25) is 0 Å². The summed E-state index contributed by atoms with van der Waals surface area (Å²) >= 11 is 9.90. The fraction of sp³-hybridized carbons (Fsp3) is 0.176. The summed E-state index contributed by atoms with van der Waals surface area (Å²) in [6.07, 6.45) is 1.43. The van der Waals surface area contributed by atoms with Gasteiger partial charge in [0.05, 0.1) is 15.2 Å². The summed E-state index contributed by atoms with van der Waals surface area (Å²) in [6, 6.07) is 7.36. The normalized spacial score (nSPS) is 10.9. The number of amides is 1. The molecule has 0 saturated heterocycles. The minimum absolute atomic E-state index is 0.0502. The SMILES string of the molecule is Cc1cccc(OCC(=O)N/N=C/c2c(Br)cc(Br)c(O)c2Br)c1C. The molecule has 0 fully saturated rings. The number of hydrogen-bond acceptors (Lipinski definition) is 4. The van der Waals surface area contributed by atoms with Crippen LogP contribution in [0.3, 0.4) is 0 Å². The van der Waals surface area contributed by atoms with Crippen molar-refractivity contribution in [3.8, 4) is 11.5 Å². The summed E-state index contributed by atoms with van der Waals surface area (Å²) in [5.74, 6) is 0.336. The van der Waals surface area contributed by atoms with Gasteiger partial charge in [-0.2, -0.15) is 5.10 Å². The molecule has 0 heterocycles. The molecule has 132 valence electrons. The van der Waals surface area contributed by atoms with E-state index in [4.69, 9.17) is 4.74 Å². The van der Waals surface area contributed by atoms with Crippen LogP contribution >= 0.6 is 47.8 Å². The van der Waals surface area contributed by atoms with E-state index in [0.717, 1.165) is 11.1 Å². The van der Waals surface area contributed by atoms with Crippen LogP contribution in [-0.4, -0.2) is 23.8 Å². The smallest absolute Gasteiger partial charge is 0.277 e. The number of ether oxygens (including phenoxy) is 1. The highest BCUT2D eigenvalue weighted by atomic mass is 79.9. The Hall–Kier alpha value is -1.38. The number of aryl methyl sites for hydroxylation is 1. The van der Waals surface area contributed by atoms with E-state index >= 15 is 0 Å². The summed E-state index contributed by atoms with van der Waals surface area (Å²) in [4.78, 5) is 11.9. The zero-order valence-electron chi connectivity index (χ0n) is 13.4. The number of hydrogen-bond donors (Lipinski definition) is 2. The van der Waals surface area contributed by atoms with Gasteiger partial charge in [-0.25, -0.2) is 5.43 Å². The first-order chi connectivity index (χ1) is 11.8. The quantitative estimate of drug-likeness (QED) is 0.426. The molecule has 2 aromatic rings.